The fraction of sp³-hybridized carbons (Fsp3) is 0.120. The Labute approximate surface area is 174 Å². The predicted octanol–water partition coefficient (Wildman–Crippen LogP) is 4.32. The van der Waals surface area contributed by atoms with Crippen molar-refractivity contribution in [1.82, 2.24) is 19.9 Å². The third-order valence-electron chi connectivity index (χ3n) is 5.34. The van der Waals surface area contributed by atoms with E-state index < -0.39 is 0 Å². The minimum Gasteiger partial charge on any atom is -0.395 e. The molecule has 5 nitrogen and oxygen atoms in total. The van der Waals surface area contributed by atoms with E-state index in [9.17, 15) is 0 Å². The molecule has 0 aliphatic heterocycles. The van der Waals surface area contributed by atoms with Crippen molar-refractivity contribution in [2.45, 2.75) is 6.54 Å². The first-order valence-corrected chi connectivity index (χ1v) is 10.1. The zero-order valence-corrected chi connectivity index (χ0v) is 16.5. The van der Waals surface area contributed by atoms with Gasteiger partial charge in [0.25, 0.3) is 0 Å². The van der Waals surface area contributed by atoms with Gasteiger partial charge in [-0.1, -0.05) is 48.5 Å². The second-order valence-corrected chi connectivity index (χ2v) is 7.24. The van der Waals surface area contributed by atoms with Crippen LogP contribution in [0.25, 0.3) is 38.8 Å². The van der Waals surface area contributed by atoms with Crippen molar-refractivity contribution < 1.29 is 5.11 Å². The summed E-state index contributed by atoms with van der Waals surface area (Å²) < 4.78 is 2.13. The molecule has 0 aliphatic carbocycles. The van der Waals surface area contributed by atoms with E-state index in [0.717, 1.165) is 27.8 Å². The number of rotatable bonds is 6. The highest BCUT2D eigenvalue weighted by Crippen LogP contribution is 2.31. The lowest BCUT2D eigenvalue weighted by Crippen LogP contribution is -2.17. The summed E-state index contributed by atoms with van der Waals surface area (Å²) in [7, 11) is 0. The molecular weight excluding hydrogens is 372 g/mol. The fourth-order valence-corrected chi connectivity index (χ4v) is 3.92. The molecule has 5 aromatic rings. The van der Waals surface area contributed by atoms with Gasteiger partial charge in [-0.2, -0.15) is 0 Å². The number of hydrogen-bond donors (Lipinski definition) is 2. The number of nitrogens with zero attached hydrogens (tertiary/aromatic N) is 3. The minimum absolute atomic E-state index is 0.131. The van der Waals surface area contributed by atoms with Crippen LogP contribution in [-0.4, -0.2) is 32.8 Å². The number of fused-ring (bicyclic) bond motifs is 2. The summed E-state index contributed by atoms with van der Waals surface area (Å²) >= 11 is 0. The molecule has 2 N–H and O–H groups in total. The molecule has 3 aromatic carbocycles. The van der Waals surface area contributed by atoms with Gasteiger partial charge in [0, 0.05) is 30.1 Å². The number of hydrogen-bond acceptors (Lipinski definition) is 4. The zero-order chi connectivity index (χ0) is 20.3. The molecule has 5 heteroatoms. The SMILES string of the molecule is OCCNCc1ccc2c(-n3ccc4c(-c5ccccc5)cccc43)ncnc2c1. The number of aliphatic hydroxyl groups is 1. The van der Waals surface area contributed by atoms with Gasteiger partial charge in [-0.05, 0) is 41.0 Å². The summed E-state index contributed by atoms with van der Waals surface area (Å²) in [6.07, 6.45) is 3.70. The van der Waals surface area contributed by atoms with Gasteiger partial charge >= 0.3 is 0 Å². The number of nitrogens with one attached hydrogen (secondary N) is 1. The van der Waals surface area contributed by atoms with Crippen molar-refractivity contribution in [1.29, 1.82) is 0 Å². The molecule has 148 valence electrons. The third kappa shape index (κ3) is 3.34. The maximum atomic E-state index is 8.95. The summed E-state index contributed by atoms with van der Waals surface area (Å²) in [6.45, 7) is 1.40. The molecule has 2 heterocycles. The summed E-state index contributed by atoms with van der Waals surface area (Å²) in [5.41, 5.74) is 5.56. The standard InChI is InChI=1S/C25H22N4O/c30-14-12-26-16-18-9-10-22-23(15-18)27-17-28-25(22)29-13-11-21-20(7-4-8-24(21)29)19-5-2-1-3-6-19/h1-11,13,15,17,26,30H,12,14,16H2. The van der Waals surface area contributed by atoms with Crippen LogP contribution in [0.2, 0.25) is 0 Å². The van der Waals surface area contributed by atoms with E-state index in [0.29, 0.717) is 13.1 Å². The Bertz CT molecular complexity index is 1310. The van der Waals surface area contributed by atoms with E-state index >= 15 is 0 Å². The van der Waals surface area contributed by atoms with Gasteiger partial charge in [0.2, 0.25) is 0 Å². The van der Waals surface area contributed by atoms with E-state index in [2.05, 4.69) is 92.8 Å². The number of benzene rings is 3. The van der Waals surface area contributed by atoms with E-state index in [4.69, 9.17) is 5.11 Å². The first kappa shape index (κ1) is 18.5. The highest BCUT2D eigenvalue weighted by atomic mass is 16.3. The van der Waals surface area contributed by atoms with Gasteiger partial charge in [-0.15, -0.1) is 0 Å². The van der Waals surface area contributed by atoms with Crippen LogP contribution in [-0.2, 0) is 6.54 Å². The lowest BCUT2D eigenvalue weighted by molar-refractivity contribution is 0.292. The van der Waals surface area contributed by atoms with Crippen LogP contribution in [0.4, 0.5) is 0 Å². The van der Waals surface area contributed by atoms with Gasteiger partial charge in [0.1, 0.15) is 12.1 Å². The van der Waals surface area contributed by atoms with E-state index in [1.54, 1.807) is 6.33 Å². The average molecular weight is 394 g/mol. The van der Waals surface area contributed by atoms with Crippen LogP contribution >= 0.6 is 0 Å². The highest BCUT2D eigenvalue weighted by molar-refractivity contribution is 5.97. The van der Waals surface area contributed by atoms with Crippen LogP contribution in [0.3, 0.4) is 0 Å². The summed E-state index contributed by atoms with van der Waals surface area (Å²) in [5.74, 6) is 0.870. The molecule has 0 saturated heterocycles. The first-order valence-electron chi connectivity index (χ1n) is 10.1. The predicted molar refractivity (Wildman–Crippen MR) is 121 cm³/mol. The molecular formula is C25H22N4O. The van der Waals surface area contributed by atoms with Gasteiger partial charge < -0.3 is 15.0 Å². The smallest absolute Gasteiger partial charge is 0.148 e. The van der Waals surface area contributed by atoms with Crippen molar-refractivity contribution in [3.63, 3.8) is 0 Å². The normalized spacial score (nSPS) is 11.4. The second kappa shape index (κ2) is 8.06. The molecule has 0 fully saturated rings. The van der Waals surface area contributed by atoms with Crippen LogP contribution in [0, 0.1) is 0 Å². The van der Waals surface area contributed by atoms with Crippen molar-refractivity contribution in [2.75, 3.05) is 13.2 Å². The topological polar surface area (TPSA) is 63.0 Å². The van der Waals surface area contributed by atoms with Crippen LogP contribution < -0.4 is 5.32 Å². The molecule has 0 amide bonds. The molecule has 0 unspecified atom stereocenters. The Morgan fingerprint density at radius 3 is 2.63 bits per heavy atom. The van der Waals surface area contributed by atoms with Gasteiger partial charge in [-0.3, -0.25) is 0 Å². The number of aromatic nitrogens is 3. The molecule has 0 radical (unpaired) electrons. The maximum Gasteiger partial charge on any atom is 0.148 e. The lowest BCUT2D eigenvalue weighted by atomic mass is 10.0. The van der Waals surface area contributed by atoms with Crippen LogP contribution in [0.5, 0.6) is 0 Å². The summed E-state index contributed by atoms with van der Waals surface area (Å²) in [4.78, 5) is 9.09. The molecule has 0 atom stereocenters. The Morgan fingerprint density at radius 2 is 1.77 bits per heavy atom. The number of aliphatic hydroxyl groups excluding tert-OH is 1. The molecule has 5 rings (SSSR count). The maximum absolute atomic E-state index is 8.95. The molecule has 0 bridgehead atoms. The van der Waals surface area contributed by atoms with Gasteiger partial charge in [0.05, 0.1) is 17.6 Å². The van der Waals surface area contributed by atoms with Crippen molar-refractivity contribution >= 4 is 21.8 Å². The minimum atomic E-state index is 0.131. The highest BCUT2D eigenvalue weighted by Gasteiger charge is 2.12. The molecule has 0 saturated carbocycles. The molecule has 0 spiro atoms. The van der Waals surface area contributed by atoms with Crippen LogP contribution in [0.15, 0.2) is 85.3 Å². The summed E-state index contributed by atoms with van der Waals surface area (Å²) in [6, 6.07) is 25.2. The Morgan fingerprint density at radius 1 is 0.867 bits per heavy atom. The van der Waals surface area contributed by atoms with Gasteiger partial charge in [-0.25, -0.2) is 9.97 Å². The van der Waals surface area contributed by atoms with Crippen molar-refractivity contribution in [2.24, 2.45) is 0 Å². The van der Waals surface area contributed by atoms with Crippen molar-refractivity contribution in [3.8, 4) is 16.9 Å². The Balaban J connectivity index is 1.60. The largest absolute Gasteiger partial charge is 0.395 e. The van der Waals surface area contributed by atoms with E-state index in [1.807, 2.05) is 6.07 Å². The van der Waals surface area contributed by atoms with Crippen molar-refractivity contribution in [3.05, 3.63) is 90.9 Å². The molecule has 2 aromatic heterocycles. The Hall–Kier alpha value is -3.54. The van der Waals surface area contributed by atoms with Crippen LogP contribution in [0.1, 0.15) is 5.56 Å². The average Bonchev–Trinajstić information content (AvgIpc) is 3.23. The molecule has 30 heavy (non-hydrogen) atoms. The second-order valence-electron chi connectivity index (χ2n) is 7.24. The summed E-state index contributed by atoms with van der Waals surface area (Å²) in [5, 5.41) is 14.4. The lowest BCUT2D eigenvalue weighted by Gasteiger charge is -2.10. The zero-order valence-electron chi connectivity index (χ0n) is 16.5. The first-order chi connectivity index (χ1) is 14.8. The fourth-order valence-electron chi connectivity index (χ4n) is 3.92. The van der Waals surface area contributed by atoms with E-state index in [-0.39, 0.29) is 6.61 Å². The third-order valence-corrected chi connectivity index (χ3v) is 5.34. The monoisotopic (exact) mass is 394 g/mol. The molecule has 0 aliphatic rings. The van der Waals surface area contributed by atoms with Gasteiger partial charge in [0.15, 0.2) is 0 Å². The Kier molecular flexibility index (Phi) is 4.97. The quantitative estimate of drug-likeness (QED) is 0.421. The van der Waals surface area contributed by atoms with E-state index in [1.165, 1.54) is 16.5 Å².